The summed E-state index contributed by atoms with van der Waals surface area (Å²) in [5, 5.41) is 10.3. The Kier molecular flexibility index (Phi) is 4.33. The van der Waals surface area contributed by atoms with Crippen LogP contribution in [0.5, 0.6) is 0 Å². The Morgan fingerprint density at radius 3 is 2.77 bits per heavy atom. The molecule has 2 N–H and O–H groups in total. The third-order valence-electron chi connectivity index (χ3n) is 4.26. The summed E-state index contributed by atoms with van der Waals surface area (Å²) in [7, 11) is 0. The lowest BCUT2D eigenvalue weighted by Gasteiger charge is -2.34. The van der Waals surface area contributed by atoms with Crippen molar-refractivity contribution in [2.45, 2.75) is 32.3 Å². The summed E-state index contributed by atoms with van der Waals surface area (Å²) < 4.78 is 14.3. The zero-order valence-corrected chi connectivity index (χ0v) is 12.5. The number of aliphatic hydroxyl groups is 1. The SMILES string of the molecule is CCc1ncnc(N2CCC([C@H](O)c3ncc[nH]3)CC2)c1F. The van der Waals surface area contributed by atoms with Gasteiger partial charge in [-0.15, -0.1) is 0 Å². The van der Waals surface area contributed by atoms with Gasteiger partial charge in [0.2, 0.25) is 0 Å². The minimum Gasteiger partial charge on any atom is -0.385 e. The molecule has 0 saturated carbocycles. The van der Waals surface area contributed by atoms with Crippen LogP contribution in [0, 0.1) is 11.7 Å². The standard InChI is InChI=1S/C15H20FN5O/c1-2-11-12(16)15(20-9-19-11)21-7-3-10(4-8-21)13(22)14-17-5-6-18-14/h5-6,9-10,13,22H,2-4,7-8H2,1H3,(H,17,18)/t13-/m0/s1. The highest BCUT2D eigenvalue weighted by Crippen LogP contribution is 2.31. The summed E-state index contributed by atoms with van der Waals surface area (Å²) in [5.74, 6) is 0.769. The second-order valence-corrected chi connectivity index (χ2v) is 5.56. The van der Waals surface area contributed by atoms with Gasteiger partial charge >= 0.3 is 0 Å². The minimum absolute atomic E-state index is 0.123. The van der Waals surface area contributed by atoms with Gasteiger partial charge in [-0.25, -0.2) is 19.3 Å². The topological polar surface area (TPSA) is 77.9 Å². The van der Waals surface area contributed by atoms with Crippen LogP contribution in [0.3, 0.4) is 0 Å². The first kappa shape index (κ1) is 14.9. The average molecular weight is 305 g/mol. The van der Waals surface area contributed by atoms with Crippen LogP contribution in [0.1, 0.15) is 37.4 Å². The number of piperidine rings is 1. The maximum absolute atomic E-state index is 14.3. The first-order valence-corrected chi connectivity index (χ1v) is 7.62. The van der Waals surface area contributed by atoms with Gasteiger partial charge in [0.05, 0.1) is 5.69 Å². The van der Waals surface area contributed by atoms with Crippen LogP contribution in [0.25, 0.3) is 0 Å². The van der Waals surface area contributed by atoms with E-state index in [0.717, 1.165) is 12.8 Å². The van der Waals surface area contributed by atoms with Gasteiger partial charge in [0.25, 0.3) is 0 Å². The van der Waals surface area contributed by atoms with Crippen molar-refractivity contribution in [2.75, 3.05) is 18.0 Å². The predicted octanol–water partition coefficient (Wildman–Crippen LogP) is 1.85. The molecule has 0 aromatic carbocycles. The molecule has 0 amide bonds. The summed E-state index contributed by atoms with van der Waals surface area (Å²) in [6, 6.07) is 0. The number of nitrogens with zero attached hydrogens (tertiary/aromatic N) is 4. The number of hydrogen-bond donors (Lipinski definition) is 2. The Balaban J connectivity index is 1.67. The number of anilines is 1. The van der Waals surface area contributed by atoms with Crippen LogP contribution in [0.15, 0.2) is 18.7 Å². The maximum atomic E-state index is 14.3. The van der Waals surface area contributed by atoms with Crippen LogP contribution < -0.4 is 4.90 Å². The van der Waals surface area contributed by atoms with Gasteiger partial charge in [-0.2, -0.15) is 0 Å². The van der Waals surface area contributed by atoms with E-state index in [1.165, 1.54) is 6.33 Å². The van der Waals surface area contributed by atoms with Crippen LogP contribution in [0.4, 0.5) is 10.2 Å². The summed E-state index contributed by atoms with van der Waals surface area (Å²) in [4.78, 5) is 17.0. The lowest BCUT2D eigenvalue weighted by molar-refractivity contribution is 0.0855. The number of aliphatic hydroxyl groups excluding tert-OH is 1. The summed E-state index contributed by atoms with van der Waals surface area (Å²) >= 11 is 0. The molecule has 1 fully saturated rings. The first-order chi connectivity index (χ1) is 10.7. The van der Waals surface area contributed by atoms with E-state index in [1.807, 2.05) is 11.8 Å². The molecule has 2 aromatic heterocycles. The zero-order valence-electron chi connectivity index (χ0n) is 12.5. The highest BCUT2D eigenvalue weighted by molar-refractivity contribution is 5.41. The number of imidazole rings is 1. The highest BCUT2D eigenvalue weighted by Gasteiger charge is 2.29. The van der Waals surface area contributed by atoms with E-state index in [2.05, 4.69) is 19.9 Å². The molecule has 3 heterocycles. The molecule has 0 spiro atoms. The van der Waals surface area contributed by atoms with Crippen LogP contribution in [-0.2, 0) is 6.42 Å². The number of halogens is 1. The fourth-order valence-corrected chi connectivity index (χ4v) is 2.95. The molecule has 118 valence electrons. The second-order valence-electron chi connectivity index (χ2n) is 5.56. The monoisotopic (exact) mass is 305 g/mol. The quantitative estimate of drug-likeness (QED) is 0.901. The minimum atomic E-state index is -0.599. The Morgan fingerprint density at radius 1 is 1.36 bits per heavy atom. The molecule has 6 nitrogen and oxygen atoms in total. The number of aromatic amines is 1. The van der Waals surface area contributed by atoms with Crippen molar-refractivity contribution in [2.24, 2.45) is 5.92 Å². The fraction of sp³-hybridized carbons (Fsp3) is 0.533. The van der Waals surface area contributed by atoms with Crippen LogP contribution >= 0.6 is 0 Å². The van der Waals surface area contributed by atoms with Gasteiger partial charge in [-0.3, -0.25) is 0 Å². The van der Waals surface area contributed by atoms with Crippen LogP contribution in [-0.4, -0.2) is 38.1 Å². The highest BCUT2D eigenvalue weighted by atomic mass is 19.1. The molecule has 1 aliphatic heterocycles. The van der Waals surface area contributed by atoms with Gasteiger partial charge in [-0.1, -0.05) is 6.92 Å². The Morgan fingerprint density at radius 2 is 2.14 bits per heavy atom. The fourth-order valence-electron chi connectivity index (χ4n) is 2.95. The molecule has 2 aromatic rings. The molecule has 0 radical (unpaired) electrons. The average Bonchev–Trinajstić information content (AvgIpc) is 3.09. The lowest BCUT2D eigenvalue weighted by atomic mass is 9.91. The Hall–Kier alpha value is -2.02. The second kappa shape index (κ2) is 6.39. The third-order valence-corrected chi connectivity index (χ3v) is 4.26. The summed E-state index contributed by atoms with van der Waals surface area (Å²) in [5.41, 5.74) is 0.447. The molecule has 0 aliphatic carbocycles. The molecule has 22 heavy (non-hydrogen) atoms. The van der Waals surface area contributed by atoms with E-state index in [1.54, 1.807) is 12.4 Å². The van der Waals surface area contributed by atoms with Crippen molar-refractivity contribution in [3.05, 3.63) is 36.1 Å². The Labute approximate surface area is 128 Å². The number of aryl methyl sites for hydroxylation is 1. The first-order valence-electron chi connectivity index (χ1n) is 7.62. The summed E-state index contributed by atoms with van der Waals surface area (Å²) in [6.45, 7) is 3.21. The molecular weight excluding hydrogens is 285 g/mol. The van der Waals surface area contributed by atoms with Crippen molar-refractivity contribution in [3.8, 4) is 0 Å². The van der Waals surface area contributed by atoms with Gasteiger partial charge in [0.1, 0.15) is 18.3 Å². The smallest absolute Gasteiger partial charge is 0.187 e. The van der Waals surface area contributed by atoms with Gasteiger partial charge in [0, 0.05) is 25.5 Å². The molecule has 0 unspecified atom stereocenters. The van der Waals surface area contributed by atoms with Crippen molar-refractivity contribution >= 4 is 5.82 Å². The molecular formula is C15H20FN5O. The van der Waals surface area contributed by atoms with Gasteiger partial charge in [-0.05, 0) is 25.2 Å². The van der Waals surface area contributed by atoms with Gasteiger partial charge < -0.3 is 15.0 Å². The van der Waals surface area contributed by atoms with E-state index < -0.39 is 6.10 Å². The predicted molar refractivity (Wildman–Crippen MR) is 79.9 cm³/mol. The molecule has 1 aliphatic rings. The van der Waals surface area contributed by atoms with Crippen LogP contribution in [0.2, 0.25) is 0 Å². The molecule has 1 saturated heterocycles. The molecule has 7 heteroatoms. The number of nitrogens with one attached hydrogen (secondary N) is 1. The van der Waals surface area contributed by atoms with E-state index >= 15 is 0 Å². The van der Waals surface area contributed by atoms with E-state index in [9.17, 15) is 9.50 Å². The normalized spacial score (nSPS) is 17.7. The molecule has 0 bridgehead atoms. The largest absolute Gasteiger partial charge is 0.385 e. The maximum Gasteiger partial charge on any atom is 0.187 e. The van der Waals surface area contributed by atoms with E-state index in [0.29, 0.717) is 36.8 Å². The summed E-state index contributed by atoms with van der Waals surface area (Å²) in [6.07, 6.45) is 6.25. The number of aromatic nitrogens is 4. The van der Waals surface area contributed by atoms with Crippen molar-refractivity contribution < 1.29 is 9.50 Å². The third kappa shape index (κ3) is 2.81. The number of rotatable bonds is 4. The molecule has 3 rings (SSSR count). The van der Waals surface area contributed by atoms with Crippen molar-refractivity contribution in [1.82, 2.24) is 19.9 Å². The molecule has 1 atom stereocenters. The van der Waals surface area contributed by atoms with Gasteiger partial charge in [0.15, 0.2) is 11.6 Å². The Bertz CT molecular complexity index is 610. The van der Waals surface area contributed by atoms with Crippen molar-refractivity contribution in [3.63, 3.8) is 0 Å². The number of H-pyrrole nitrogens is 1. The lowest BCUT2D eigenvalue weighted by Crippen LogP contribution is -2.37. The van der Waals surface area contributed by atoms with Crippen molar-refractivity contribution in [1.29, 1.82) is 0 Å². The number of hydrogen-bond acceptors (Lipinski definition) is 5. The zero-order chi connectivity index (χ0) is 15.5. The van der Waals surface area contributed by atoms with E-state index in [4.69, 9.17) is 0 Å². The van der Waals surface area contributed by atoms with E-state index in [-0.39, 0.29) is 11.7 Å².